The SMILES string of the molecule is CCC(=O)CC.F.[Cu].c1cc[nH]c1.c1cscn1.c1csnn1. The molecule has 5 nitrogen and oxygen atoms in total. The van der Waals surface area contributed by atoms with Gasteiger partial charge >= 0.3 is 0 Å². The summed E-state index contributed by atoms with van der Waals surface area (Å²) in [5.74, 6) is 0.343. The van der Waals surface area contributed by atoms with Gasteiger partial charge in [0.15, 0.2) is 0 Å². The van der Waals surface area contributed by atoms with Crippen molar-refractivity contribution in [2.45, 2.75) is 26.7 Å². The van der Waals surface area contributed by atoms with Crippen LogP contribution in [0, 0.1) is 0 Å². The number of nitrogens with one attached hydrogen (secondary N) is 1. The van der Waals surface area contributed by atoms with Gasteiger partial charge in [-0.05, 0) is 23.7 Å². The minimum absolute atomic E-state index is 0. The Hall–Kier alpha value is -1.41. The molecule has 0 amide bonds. The number of rotatable bonds is 2. The van der Waals surface area contributed by atoms with E-state index in [1.807, 2.05) is 49.1 Å². The molecule has 0 fully saturated rings. The number of ketones is 1. The molecule has 0 aliphatic rings. The van der Waals surface area contributed by atoms with E-state index in [1.54, 1.807) is 29.2 Å². The summed E-state index contributed by atoms with van der Waals surface area (Å²) in [6, 6.07) is 3.89. The van der Waals surface area contributed by atoms with Gasteiger partial charge in [-0.1, -0.05) is 18.3 Å². The smallest absolute Gasteiger partial charge is 0.132 e. The van der Waals surface area contributed by atoms with E-state index >= 15 is 0 Å². The van der Waals surface area contributed by atoms with Crippen LogP contribution in [0.4, 0.5) is 4.70 Å². The summed E-state index contributed by atoms with van der Waals surface area (Å²) in [5.41, 5.74) is 1.79. The molecule has 0 bridgehead atoms. The summed E-state index contributed by atoms with van der Waals surface area (Å²) in [5, 5.41) is 7.24. The van der Waals surface area contributed by atoms with Crippen molar-refractivity contribution >= 4 is 28.7 Å². The normalized spacial score (nSPS) is 7.39. The minimum Gasteiger partial charge on any atom is -0.368 e. The van der Waals surface area contributed by atoms with E-state index < -0.39 is 0 Å². The molecule has 0 atom stereocenters. The molecule has 0 aliphatic carbocycles. The van der Waals surface area contributed by atoms with Crippen LogP contribution in [0.2, 0.25) is 0 Å². The van der Waals surface area contributed by atoms with E-state index in [4.69, 9.17) is 0 Å². The van der Waals surface area contributed by atoms with Crippen LogP contribution in [0.15, 0.2) is 53.2 Å². The molecule has 1 radical (unpaired) electrons. The molecule has 3 aromatic rings. The maximum Gasteiger partial charge on any atom is 0.132 e. The quantitative estimate of drug-likeness (QED) is 0.645. The summed E-state index contributed by atoms with van der Waals surface area (Å²) >= 11 is 2.95. The summed E-state index contributed by atoms with van der Waals surface area (Å²) < 4.78 is 3.51. The summed E-state index contributed by atoms with van der Waals surface area (Å²) in [6.45, 7) is 3.76. The summed E-state index contributed by atoms with van der Waals surface area (Å²) in [7, 11) is 0. The molecule has 0 aliphatic heterocycles. The zero-order valence-corrected chi connectivity index (χ0v) is 15.5. The Balaban J connectivity index is -0.000000225. The average Bonchev–Trinajstić information content (AvgIpc) is 3.34. The molecule has 3 aromatic heterocycles. The van der Waals surface area contributed by atoms with Crippen LogP contribution in [-0.4, -0.2) is 25.3 Å². The molecule has 3 heterocycles. The van der Waals surface area contributed by atoms with Gasteiger partial charge in [-0.2, -0.15) is 0 Å². The molecule has 3 rings (SSSR count). The second kappa shape index (κ2) is 22.9. The molecule has 0 unspecified atom stereocenters. The van der Waals surface area contributed by atoms with Crippen LogP contribution in [0.1, 0.15) is 26.7 Å². The molecular weight excluding hydrogens is 387 g/mol. The second-order valence-electron chi connectivity index (χ2n) is 3.39. The predicted molar refractivity (Wildman–Crippen MR) is 90.9 cm³/mol. The Morgan fingerprint density at radius 3 is 1.87 bits per heavy atom. The molecule has 0 aromatic carbocycles. The van der Waals surface area contributed by atoms with Gasteiger partial charge in [-0.25, -0.2) is 0 Å². The Kier molecular flexibility index (Phi) is 26.3. The molecule has 0 saturated heterocycles. The predicted octanol–water partition coefficient (Wildman–Crippen LogP) is 4.22. The first kappa shape index (κ1) is 26.5. The van der Waals surface area contributed by atoms with Crippen LogP contribution in [0.5, 0.6) is 0 Å². The van der Waals surface area contributed by atoms with Gasteiger partial charge in [0.2, 0.25) is 0 Å². The average molecular weight is 408 g/mol. The zero-order chi connectivity index (χ0) is 15.6. The van der Waals surface area contributed by atoms with Crippen molar-refractivity contribution in [2.24, 2.45) is 0 Å². The van der Waals surface area contributed by atoms with E-state index in [1.165, 1.54) is 11.5 Å². The summed E-state index contributed by atoms with van der Waals surface area (Å²) in [6.07, 6.45) is 8.56. The second-order valence-corrected chi connectivity index (χ2v) is 4.80. The van der Waals surface area contributed by atoms with Crippen LogP contribution in [0.25, 0.3) is 0 Å². The van der Waals surface area contributed by atoms with Crippen LogP contribution in [-0.2, 0) is 21.9 Å². The summed E-state index contributed by atoms with van der Waals surface area (Å²) in [4.78, 5) is 16.8. The monoisotopic (exact) mass is 407 g/mol. The fraction of sp³-hybridized carbons (Fsp3) is 0.286. The first-order valence-corrected chi connectivity index (χ1v) is 8.21. The van der Waals surface area contributed by atoms with Crippen LogP contribution in [0.3, 0.4) is 0 Å². The Morgan fingerprint density at radius 1 is 1.09 bits per heavy atom. The number of aromatic amines is 1. The van der Waals surface area contributed by atoms with E-state index in [2.05, 4.69) is 19.6 Å². The van der Waals surface area contributed by atoms with Crippen LogP contribution >= 0.6 is 22.9 Å². The van der Waals surface area contributed by atoms with Gasteiger partial charge in [-0.3, -0.25) is 14.5 Å². The third-order valence-electron chi connectivity index (χ3n) is 1.91. The molecule has 0 saturated carbocycles. The van der Waals surface area contributed by atoms with Crippen LogP contribution < -0.4 is 0 Å². The van der Waals surface area contributed by atoms with E-state index in [0.717, 1.165) is 0 Å². The van der Waals surface area contributed by atoms with Crippen molar-refractivity contribution in [1.29, 1.82) is 0 Å². The third kappa shape index (κ3) is 23.0. The molecule has 133 valence electrons. The van der Waals surface area contributed by atoms with Crippen molar-refractivity contribution in [2.75, 3.05) is 0 Å². The first-order valence-electron chi connectivity index (χ1n) is 6.43. The number of hydrogen-bond acceptors (Lipinski definition) is 6. The molecule has 1 N–H and O–H groups in total. The maximum atomic E-state index is 10.2. The Labute approximate surface area is 154 Å². The molecule has 23 heavy (non-hydrogen) atoms. The maximum absolute atomic E-state index is 10.2. The number of carbonyl (C=O) groups excluding carboxylic acids is 1. The van der Waals surface area contributed by atoms with Gasteiger partial charge in [0, 0.05) is 59.3 Å². The van der Waals surface area contributed by atoms with E-state index in [9.17, 15) is 4.79 Å². The van der Waals surface area contributed by atoms with Crippen molar-refractivity contribution in [3.8, 4) is 0 Å². The van der Waals surface area contributed by atoms with E-state index in [-0.39, 0.29) is 21.8 Å². The Bertz CT molecular complexity index is 373. The number of aromatic nitrogens is 4. The topological polar surface area (TPSA) is 71.5 Å². The van der Waals surface area contributed by atoms with Gasteiger partial charge in [0.1, 0.15) is 5.78 Å². The molecular formula is C14H21CuFN4OS2. The minimum atomic E-state index is 0. The third-order valence-corrected chi connectivity index (χ3v) is 2.87. The van der Waals surface area contributed by atoms with Gasteiger partial charge < -0.3 is 4.98 Å². The molecule has 9 heteroatoms. The number of halogens is 1. The van der Waals surface area contributed by atoms with Gasteiger partial charge in [0.25, 0.3) is 0 Å². The largest absolute Gasteiger partial charge is 0.368 e. The number of Topliss-reactive ketones (excluding diaryl/α,β-unsaturated/α-hetero) is 1. The first-order chi connectivity index (χ1) is 10.3. The number of H-pyrrole nitrogens is 1. The van der Waals surface area contributed by atoms with Crippen molar-refractivity contribution in [1.82, 2.24) is 19.6 Å². The standard InChI is InChI=1S/C5H10O.C4H5N.C3H3NS.C2H2N2S.Cu.FH/c1-3-5(6)4-2;1-2-4-5-3-1;1-2-5-3-4-1;1-2-5-4-3-1;;/h3-4H2,1-2H3;1-5H;1-3H;1-2H;;1H. The fourth-order valence-electron chi connectivity index (χ4n) is 0.840. The fourth-order valence-corrected chi connectivity index (χ4v) is 1.46. The number of hydrogen-bond donors (Lipinski definition) is 1. The number of carbonyl (C=O) groups is 1. The molecule has 0 spiro atoms. The number of nitrogens with zero attached hydrogens (tertiary/aromatic N) is 3. The number of thiazole rings is 1. The Morgan fingerprint density at radius 2 is 1.74 bits per heavy atom. The van der Waals surface area contributed by atoms with Crippen molar-refractivity contribution in [3.63, 3.8) is 0 Å². The van der Waals surface area contributed by atoms with Gasteiger partial charge in [0.05, 0.1) is 11.7 Å². The van der Waals surface area contributed by atoms with Crippen molar-refractivity contribution in [3.05, 3.63) is 53.2 Å². The van der Waals surface area contributed by atoms with E-state index in [0.29, 0.717) is 18.6 Å². The van der Waals surface area contributed by atoms with Crippen molar-refractivity contribution < 1.29 is 26.6 Å². The van der Waals surface area contributed by atoms with Gasteiger partial charge in [-0.15, -0.1) is 16.4 Å². The zero-order valence-electron chi connectivity index (χ0n) is 12.9.